The lowest BCUT2D eigenvalue weighted by Gasteiger charge is -2.11. The number of fused-ring (bicyclic) bond motifs is 3. The van der Waals surface area contributed by atoms with Crippen LogP contribution in [0.2, 0.25) is 0 Å². The highest BCUT2D eigenvalue weighted by molar-refractivity contribution is 6.04. The number of hydrogen-bond donors (Lipinski definition) is 3. The lowest BCUT2D eigenvalue weighted by molar-refractivity contribution is -0.137. The van der Waals surface area contributed by atoms with E-state index in [2.05, 4.69) is 15.5 Å². The Balaban J connectivity index is 1.76. The summed E-state index contributed by atoms with van der Waals surface area (Å²) >= 11 is 0. The molecule has 3 N–H and O–H groups in total. The third kappa shape index (κ3) is 2.29. The van der Waals surface area contributed by atoms with Gasteiger partial charge in [0, 0.05) is 10.9 Å². The molecule has 1 heterocycles. The number of aromatic nitrogens is 2. The van der Waals surface area contributed by atoms with E-state index in [0.29, 0.717) is 11.9 Å². The largest absolute Gasteiger partial charge is 0.416 e. The topological polar surface area (TPSA) is 43.6 Å². The van der Waals surface area contributed by atoms with Crippen molar-refractivity contribution in [2.24, 2.45) is 0 Å². The molecule has 0 unspecified atom stereocenters. The first-order valence-electron chi connectivity index (χ1n) is 7.15. The lowest BCUT2D eigenvalue weighted by Crippen LogP contribution is -2.06. The molecular weight excluding hydrogens is 322 g/mol. The van der Waals surface area contributed by atoms with Gasteiger partial charge in [-0.2, -0.15) is 13.2 Å². The second-order valence-corrected chi connectivity index (χ2v) is 5.46. The molecule has 0 atom stereocenters. The van der Waals surface area contributed by atoms with Crippen molar-refractivity contribution in [3.63, 3.8) is 0 Å². The Hall–Kier alpha value is -2.96. The van der Waals surface area contributed by atoms with Crippen molar-refractivity contribution in [2.45, 2.75) is 6.18 Å². The molecule has 1 aliphatic heterocycles. The summed E-state index contributed by atoms with van der Waals surface area (Å²) in [6.45, 7) is 0. The van der Waals surface area contributed by atoms with Crippen LogP contribution in [0.25, 0.3) is 22.0 Å². The highest BCUT2D eigenvalue weighted by Gasteiger charge is 2.31. The zero-order valence-corrected chi connectivity index (χ0v) is 12.1. The van der Waals surface area contributed by atoms with Gasteiger partial charge in [0.25, 0.3) is 0 Å². The average Bonchev–Trinajstić information content (AvgIpc) is 3.08. The Kier molecular flexibility index (Phi) is 3.06. The van der Waals surface area contributed by atoms with Crippen LogP contribution < -0.4 is 5.32 Å². The van der Waals surface area contributed by atoms with Gasteiger partial charge < -0.3 is 5.32 Å². The van der Waals surface area contributed by atoms with Crippen molar-refractivity contribution in [1.29, 1.82) is 0 Å². The molecule has 3 nitrogen and oxygen atoms in total. The second kappa shape index (κ2) is 5.02. The number of anilines is 2. The molecule has 7 heteroatoms. The Morgan fingerprint density at radius 3 is 2.50 bits per heavy atom. The molecule has 0 fully saturated rings. The van der Waals surface area contributed by atoms with Crippen LogP contribution in [0.4, 0.5) is 29.1 Å². The van der Waals surface area contributed by atoms with Crippen LogP contribution in [0.15, 0.2) is 48.5 Å². The smallest absolute Gasteiger partial charge is 0.338 e. The molecule has 2 aromatic carbocycles. The maximum Gasteiger partial charge on any atom is 0.416 e. The summed E-state index contributed by atoms with van der Waals surface area (Å²) in [5.41, 5.74) is 0.395. The SMILES string of the molecule is Fc1ccc(C(F)(F)F)cc1Nc1[nH][nH]c2c3ccccc3cc1-2. The quantitative estimate of drug-likeness (QED) is 0.417. The van der Waals surface area contributed by atoms with Gasteiger partial charge in [-0.1, -0.05) is 24.3 Å². The fourth-order valence-corrected chi connectivity index (χ4v) is 2.78. The molecular formula is C17H11F4N3. The van der Waals surface area contributed by atoms with Crippen LogP contribution in [-0.2, 0) is 6.18 Å². The number of H-pyrrole nitrogens is 2. The van der Waals surface area contributed by atoms with E-state index in [1.807, 2.05) is 30.3 Å². The Morgan fingerprint density at radius 2 is 1.71 bits per heavy atom. The van der Waals surface area contributed by atoms with Gasteiger partial charge in [0.15, 0.2) is 0 Å². The average molecular weight is 333 g/mol. The standard InChI is InChI=1S/C17H11F4N3/c18-13-6-5-10(17(19,20)21)8-14(13)22-16-12-7-9-3-1-2-4-11(9)15(12)23-24-16/h1-8,22-24H. The highest BCUT2D eigenvalue weighted by atomic mass is 19.4. The van der Waals surface area contributed by atoms with Crippen molar-refractivity contribution in [3.8, 4) is 11.3 Å². The van der Waals surface area contributed by atoms with E-state index in [9.17, 15) is 17.6 Å². The molecule has 2 aromatic rings. The summed E-state index contributed by atoms with van der Waals surface area (Å²) in [5.74, 6) is -0.360. The number of rotatable bonds is 2. The van der Waals surface area contributed by atoms with E-state index >= 15 is 0 Å². The van der Waals surface area contributed by atoms with Crippen molar-refractivity contribution in [2.75, 3.05) is 5.32 Å². The van der Waals surface area contributed by atoms with E-state index in [1.54, 1.807) is 0 Å². The lowest BCUT2D eigenvalue weighted by atomic mass is 10.1. The first-order chi connectivity index (χ1) is 11.4. The van der Waals surface area contributed by atoms with E-state index in [0.717, 1.165) is 34.2 Å². The number of aromatic amines is 2. The zero-order valence-electron chi connectivity index (χ0n) is 12.1. The van der Waals surface area contributed by atoms with Crippen LogP contribution in [0.1, 0.15) is 5.56 Å². The predicted octanol–water partition coefficient (Wildman–Crippen LogP) is 5.50. The zero-order chi connectivity index (χ0) is 16.9. The van der Waals surface area contributed by atoms with Crippen molar-refractivity contribution in [3.05, 3.63) is 59.9 Å². The maximum atomic E-state index is 13.9. The van der Waals surface area contributed by atoms with Gasteiger partial charge in [-0.25, -0.2) is 4.39 Å². The molecule has 0 spiro atoms. The summed E-state index contributed by atoms with van der Waals surface area (Å²) in [7, 11) is 0. The Bertz CT molecular complexity index is 997. The molecule has 0 saturated heterocycles. The van der Waals surface area contributed by atoms with Gasteiger partial charge in [-0.3, -0.25) is 10.2 Å². The Morgan fingerprint density at radius 1 is 0.917 bits per heavy atom. The molecule has 2 aliphatic rings. The van der Waals surface area contributed by atoms with Crippen LogP contribution in [-0.4, -0.2) is 10.2 Å². The molecule has 0 aromatic heterocycles. The highest BCUT2D eigenvalue weighted by Crippen LogP contribution is 2.39. The predicted molar refractivity (Wildman–Crippen MR) is 84.0 cm³/mol. The minimum atomic E-state index is -4.53. The van der Waals surface area contributed by atoms with E-state index in [1.165, 1.54) is 0 Å². The van der Waals surface area contributed by atoms with Crippen LogP contribution in [0, 0.1) is 5.82 Å². The summed E-state index contributed by atoms with van der Waals surface area (Å²) in [6.07, 6.45) is -4.53. The minimum Gasteiger partial charge on any atom is -0.338 e. The molecule has 0 amide bonds. The molecule has 122 valence electrons. The number of halogens is 4. The second-order valence-electron chi connectivity index (χ2n) is 5.46. The molecule has 4 rings (SSSR count). The van der Waals surface area contributed by atoms with Crippen LogP contribution in [0.3, 0.4) is 0 Å². The normalized spacial score (nSPS) is 12.2. The van der Waals surface area contributed by atoms with Crippen molar-refractivity contribution < 1.29 is 17.6 Å². The van der Waals surface area contributed by atoms with Gasteiger partial charge in [-0.15, -0.1) is 0 Å². The van der Waals surface area contributed by atoms with Gasteiger partial charge >= 0.3 is 6.18 Å². The number of alkyl halides is 3. The Labute approximate surface area is 133 Å². The fraction of sp³-hybridized carbons (Fsp3) is 0.0588. The summed E-state index contributed by atoms with van der Waals surface area (Å²) < 4.78 is 52.3. The van der Waals surface area contributed by atoms with Crippen molar-refractivity contribution in [1.82, 2.24) is 10.2 Å². The number of hydrogen-bond acceptors (Lipinski definition) is 1. The van der Waals surface area contributed by atoms with Gasteiger partial charge in [0.2, 0.25) is 0 Å². The molecule has 1 aliphatic carbocycles. The first kappa shape index (κ1) is 14.6. The van der Waals surface area contributed by atoms with Gasteiger partial charge in [0.05, 0.1) is 16.9 Å². The molecule has 0 saturated carbocycles. The van der Waals surface area contributed by atoms with Crippen LogP contribution >= 0.6 is 0 Å². The van der Waals surface area contributed by atoms with E-state index < -0.39 is 17.6 Å². The third-order valence-corrected chi connectivity index (χ3v) is 3.93. The number of benzene rings is 2. The van der Waals surface area contributed by atoms with Gasteiger partial charge in [0.1, 0.15) is 11.6 Å². The van der Waals surface area contributed by atoms with E-state index in [4.69, 9.17) is 0 Å². The third-order valence-electron chi connectivity index (χ3n) is 3.93. The van der Waals surface area contributed by atoms with Crippen LogP contribution in [0.5, 0.6) is 0 Å². The fourth-order valence-electron chi connectivity index (χ4n) is 2.78. The van der Waals surface area contributed by atoms with Crippen molar-refractivity contribution >= 4 is 22.3 Å². The minimum absolute atomic E-state index is 0.243. The first-order valence-corrected chi connectivity index (χ1v) is 7.15. The molecule has 24 heavy (non-hydrogen) atoms. The maximum absolute atomic E-state index is 13.9. The monoisotopic (exact) mass is 333 g/mol. The van der Waals surface area contributed by atoms with Gasteiger partial charge in [-0.05, 0) is 29.7 Å². The summed E-state index contributed by atoms with van der Waals surface area (Å²) in [5, 5.41) is 10.5. The summed E-state index contributed by atoms with van der Waals surface area (Å²) in [4.78, 5) is 0. The number of nitrogens with one attached hydrogen (secondary N) is 3. The molecule has 0 radical (unpaired) electrons. The van der Waals surface area contributed by atoms with E-state index in [-0.39, 0.29) is 5.69 Å². The summed E-state index contributed by atoms with van der Waals surface area (Å²) in [6, 6.07) is 11.8. The molecule has 0 bridgehead atoms.